The van der Waals surface area contributed by atoms with E-state index in [1.54, 1.807) is 0 Å². The standard InChI is InChI=1S/C17H24BrNO/c1-11-6-7-17(12(2)8-11)10-15(19-3)14-9-13(18)4-5-16(14)20-17/h4-5,9,11-12,15,19H,6-8,10H2,1-3H3. The number of halogens is 1. The monoisotopic (exact) mass is 337 g/mol. The van der Waals surface area contributed by atoms with Crippen molar-refractivity contribution in [3.63, 3.8) is 0 Å². The predicted molar refractivity (Wildman–Crippen MR) is 86.1 cm³/mol. The third kappa shape index (κ3) is 2.39. The zero-order chi connectivity index (χ0) is 14.3. The number of fused-ring (bicyclic) bond motifs is 1. The van der Waals surface area contributed by atoms with E-state index in [0.717, 1.165) is 22.6 Å². The van der Waals surface area contributed by atoms with E-state index in [1.165, 1.54) is 24.8 Å². The Morgan fingerprint density at radius 2 is 2.15 bits per heavy atom. The number of nitrogens with one attached hydrogen (secondary N) is 1. The Bertz CT molecular complexity index is 504. The van der Waals surface area contributed by atoms with Crippen molar-refractivity contribution in [2.24, 2.45) is 11.8 Å². The van der Waals surface area contributed by atoms with Crippen LogP contribution < -0.4 is 10.1 Å². The lowest BCUT2D eigenvalue weighted by atomic mass is 9.68. The smallest absolute Gasteiger partial charge is 0.125 e. The molecule has 1 fully saturated rings. The van der Waals surface area contributed by atoms with Gasteiger partial charge in [0.25, 0.3) is 0 Å². The molecule has 3 heteroatoms. The van der Waals surface area contributed by atoms with Crippen molar-refractivity contribution in [2.75, 3.05) is 7.05 Å². The first kappa shape index (κ1) is 14.4. The summed E-state index contributed by atoms with van der Waals surface area (Å²) in [5.74, 6) is 2.53. The SMILES string of the molecule is CNC1CC2(CCC(C)CC2C)Oc2ccc(Br)cc21. The summed E-state index contributed by atoms with van der Waals surface area (Å²) in [5.41, 5.74) is 1.32. The molecule has 0 bridgehead atoms. The molecule has 1 aliphatic carbocycles. The highest BCUT2D eigenvalue weighted by Gasteiger charge is 2.47. The number of ether oxygens (including phenoxy) is 1. The van der Waals surface area contributed by atoms with Crippen molar-refractivity contribution < 1.29 is 4.74 Å². The summed E-state index contributed by atoms with van der Waals surface area (Å²) in [5, 5.41) is 3.49. The van der Waals surface area contributed by atoms with E-state index in [9.17, 15) is 0 Å². The molecule has 2 aliphatic rings. The van der Waals surface area contributed by atoms with Crippen LogP contribution in [0.5, 0.6) is 5.75 Å². The Morgan fingerprint density at radius 3 is 2.85 bits per heavy atom. The Balaban J connectivity index is 1.96. The molecule has 1 aromatic carbocycles. The highest BCUT2D eigenvalue weighted by Crippen LogP contribution is 2.49. The fraction of sp³-hybridized carbons (Fsp3) is 0.647. The molecule has 1 aliphatic heterocycles. The largest absolute Gasteiger partial charge is 0.487 e. The summed E-state index contributed by atoms with van der Waals surface area (Å²) in [6.45, 7) is 4.74. The van der Waals surface area contributed by atoms with Crippen molar-refractivity contribution in [3.8, 4) is 5.75 Å². The molecule has 110 valence electrons. The second-order valence-electron chi connectivity index (χ2n) is 6.67. The molecule has 1 N–H and O–H groups in total. The third-order valence-electron chi connectivity index (χ3n) is 5.27. The van der Waals surface area contributed by atoms with Crippen LogP contribution in [0.15, 0.2) is 22.7 Å². The Hall–Kier alpha value is -0.540. The molecule has 20 heavy (non-hydrogen) atoms. The first-order valence-electron chi connectivity index (χ1n) is 7.70. The number of hydrogen-bond donors (Lipinski definition) is 1. The molecular weight excluding hydrogens is 314 g/mol. The van der Waals surface area contributed by atoms with E-state index in [4.69, 9.17) is 4.74 Å². The van der Waals surface area contributed by atoms with Gasteiger partial charge in [0, 0.05) is 22.5 Å². The van der Waals surface area contributed by atoms with Gasteiger partial charge in [0.1, 0.15) is 11.4 Å². The lowest BCUT2D eigenvalue weighted by Gasteiger charge is -2.49. The molecule has 0 aromatic heterocycles. The molecule has 4 atom stereocenters. The van der Waals surface area contributed by atoms with Crippen LogP contribution >= 0.6 is 15.9 Å². The third-order valence-corrected chi connectivity index (χ3v) is 5.77. The molecular formula is C17H24BrNO. The number of rotatable bonds is 1. The van der Waals surface area contributed by atoms with E-state index in [0.29, 0.717) is 12.0 Å². The van der Waals surface area contributed by atoms with Crippen molar-refractivity contribution in [1.29, 1.82) is 0 Å². The van der Waals surface area contributed by atoms with Gasteiger partial charge in [-0.2, -0.15) is 0 Å². The molecule has 3 rings (SSSR count). The minimum Gasteiger partial charge on any atom is -0.487 e. The lowest BCUT2D eigenvalue weighted by Crippen LogP contribution is -2.51. The van der Waals surface area contributed by atoms with E-state index >= 15 is 0 Å². The average molecular weight is 338 g/mol. The van der Waals surface area contributed by atoms with Crippen molar-refractivity contribution in [2.45, 2.75) is 51.2 Å². The van der Waals surface area contributed by atoms with Gasteiger partial charge >= 0.3 is 0 Å². The summed E-state index contributed by atoms with van der Waals surface area (Å²) in [6.07, 6.45) is 4.83. The maximum absolute atomic E-state index is 6.55. The quantitative estimate of drug-likeness (QED) is 0.802. The molecule has 1 spiro atoms. The van der Waals surface area contributed by atoms with Crippen LogP contribution in [0, 0.1) is 11.8 Å². The molecule has 0 amide bonds. The van der Waals surface area contributed by atoms with Gasteiger partial charge < -0.3 is 10.1 Å². The maximum atomic E-state index is 6.55. The normalized spacial score (nSPS) is 36.5. The first-order valence-corrected chi connectivity index (χ1v) is 8.49. The fourth-order valence-corrected chi connectivity index (χ4v) is 4.37. The van der Waals surface area contributed by atoms with E-state index < -0.39 is 0 Å². The topological polar surface area (TPSA) is 21.3 Å². The molecule has 2 nitrogen and oxygen atoms in total. The van der Waals surface area contributed by atoms with Crippen LogP contribution in [0.25, 0.3) is 0 Å². The minimum atomic E-state index is 0.0288. The molecule has 0 saturated heterocycles. The van der Waals surface area contributed by atoms with Gasteiger partial charge in [-0.3, -0.25) is 0 Å². The van der Waals surface area contributed by atoms with Crippen LogP contribution in [0.3, 0.4) is 0 Å². The summed E-state index contributed by atoms with van der Waals surface area (Å²) in [7, 11) is 2.06. The van der Waals surface area contributed by atoms with Crippen LogP contribution in [0.1, 0.15) is 51.1 Å². The van der Waals surface area contributed by atoms with Crippen LogP contribution in [-0.4, -0.2) is 12.6 Å². The highest BCUT2D eigenvalue weighted by atomic mass is 79.9. The fourth-order valence-electron chi connectivity index (χ4n) is 3.99. The van der Waals surface area contributed by atoms with Gasteiger partial charge in [-0.1, -0.05) is 29.8 Å². The predicted octanol–water partition coefficient (Wildman–Crippen LogP) is 4.69. The van der Waals surface area contributed by atoms with Gasteiger partial charge in [-0.05, 0) is 56.3 Å². The lowest BCUT2D eigenvalue weighted by molar-refractivity contribution is -0.0546. The van der Waals surface area contributed by atoms with Gasteiger partial charge in [0.15, 0.2) is 0 Å². The van der Waals surface area contributed by atoms with E-state index in [-0.39, 0.29) is 5.60 Å². The van der Waals surface area contributed by atoms with Gasteiger partial charge in [0.05, 0.1) is 0 Å². The van der Waals surface area contributed by atoms with E-state index in [1.807, 2.05) is 0 Å². The highest BCUT2D eigenvalue weighted by molar-refractivity contribution is 9.10. The first-order chi connectivity index (χ1) is 9.54. The molecule has 1 saturated carbocycles. The minimum absolute atomic E-state index is 0.0288. The Kier molecular flexibility index (Phi) is 3.85. The average Bonchev–Trinajstić information content (AvgIpc) is 2.43. The van der Waals surface area contributed by atoms with Crippen molar-refractivity contribution >= 4 is 15.9 Å². The number of hydrogen-bond acceptors (Lipinski definition) is 2. The Labute approximate surface area is 130 Å². The van der Waals surface area contributed by atoms with Crippen molar-refractivity contribution in [1.82, 2.24) is 5.32 Å². The van der Waals surface area contributed by atoms with Crippen LogP contribution in [0.4, 0.5) is 0 Å². The second kappa shape index (κ2) is 5.34. The summed E-state index contributed by atoms with van der Waals surface area (Å²) in [4.78, 5) is 0. The van der Waals surface area contributed by atoms with Crippen LogP contribution in [-0.2, 0) is 0 Å². The molecule has 4 unspecified atom stereocenters. The Morgan fingerprint density at radius 1 is 1.35 bits per heavy atom. The second-order valence-corrected chi connectivity index (χ2v) is 7.59. The number of benzene rings is 1. The summed E-state index contributed by atoms with van der Waals surface area (Å²) >= 11 is 3.57. The van der Waals surface area contributed by atoms with Gasteiger partial charge in [-0.15, -0.1) is 0 Å². The van der Waals surface area contributed by atoms with Crippen molar-refractivity contribution in [3.05, 3.63) is 28.2 Å². The molecule has 1 aromatic rings. The summed E-state index contributed by atoms with van der Waals surface area (Å²) in [6, 6.07) is 6.79. The maximum Gasteiger partial charge on any atom is 0.125 e. The van der Waals surface area contributed by atoms with E-state index in [2.05, 4.69) is 60.3 Å². The molecule has 1 heterocycles. The zero-order valence-corrected chi connectivity index (χ0v) is 14.2. The van der Waals surface area contributed by atoms with Gasteiger partial charge in [0.2, 0.25) is 0 Å². The zero-order valence-electron chi connectivity index (χ0n) is 12.6. The van der Waals surface area contributed by atoms with Crippen LogP contribution in [0.2, 0.25) is 0 Å². The van der Waals surface area contributed by atoms with Gasteiger partial charge in [-0.25, -0.2) is 0 Å². The summed E-state index contributed by atoms with van der Waals surface area (Å²) < 4.78 is 7.67. The molecule has 0 radical (unpaired) electrons.